The van der Waals surface area contributed by atoms with E-state index in [0.29, 0.717) is 29.8 Å². The molecule has 3 nitrogen and oxygen atoms in total. The molecular formula is C12H14O3. The van der Waals surface area contributed by atoms with E-state index < -0.39 is 5.97 Å². The average Bonchev–Trinajstić information content (AvgIpc) is 2.95. The first-order valence-corrected chi connectivity index (χ1v) is 5.82. The average molecular weight is 206 g/mol. The van der Waals surface area contributed by atoms with Crippen molar-refractivity contribution in [3.63, 3.8) is 0 Å². The third-order valence-electron chi connectivity index (χ3n) is 5.01. The maximum Gasteiger partial charge on any atom is 0.306 e. The second-order valence-electron chi connectivity index (χ2n) is 5.44. The molecule has 4 bridgehead atoms. The van der Waals surface area contributed by atoms with E-state index in [-0.39, 0.29) is 12.0 Å². The zero-order chi connectivity index (χ0) is 10.2. The third kappa shape index (κ3) is 0.842. The molecule has 3 unspecified atom stereocenters. The van der Waals surface area contributed by atoms with Gasteiger partial charge in [-0.1, -0.05) is 12.2 Å². The summed E-state index contributed by atoms with van der Waals surface area (Å²) in [6.07, 6.45) is 6.89. The van der Waals surface area contributed by atoms with Crippen molar-refractivity contribution in [1.29, 1.82) is 0 Å². The fourth-order valence-electron chi connectivity index (χ4n) is 4.61. The first-order valence-electron chi connectivity index (χ1n) is 5.82. The Labute approximate surface area is 88.1 Å². The molecule has 1 N–H and O–H groups in total. The van der Waals surface area contributed by atoms with E-state index >= 15 is 0 Å². The molecule has 4 aliphatic rings. The van der Waals surface area contributed by atoms with Crippen LogP contribution in [-0.2, 0) is 9.53 Å². The zero-order valence-corrected chi connectivity index (χ0v) is 8.37. The Morgan fingerprint density at radius 2 is 1.93 bits per heavy atom. The first kappa shape index (κ1) is 8.34. The van der Waals surface area contributed by atoms with Crippen LogP contribution in [0.5, 0.6) is 0 Å². The van der Waals surface area contributed by atoms with Crippen molar-refractivity contribution < 1.29 is 14.6 Å². The molecule has 0 amide bonds. The maximum atomic E-state index is 11.1. The minimum absolute atomic E-state index is 0.0902. The van der Waals surface area contributed by atoms with Crippen LogP contribution in [0.3, 0.4) is 0 Å². The summed E-state index contributed by atoms with van der Waals surface area (Å²) in [6, 6.07) is 0. The zero-order valence-electron chi connectivity index (χ0n) is 8.37. The summed E-state index contributed by atoms with van der Waals surface area (Å²) < 4.78 is 5.84. The number of hydrogen-bond acceptors (Lipinski definition) is 2. The van der Waals surface area contributed by atoms with E-state index in [1.54, 1.807) is 0 Å². The smallest absolute Gasteiger partial charge is 0.306 e. The molecule has 2 saturated carbocycles. The van der Waals surface area contributed by atoms with Crippen molar-refractivity contribution in [1.82, 2.24) is 0 Å². The SMILES string of the molecule is O=C(O)C1C[C@H]2C[C@@H]1C1C2[C@@H]2C=C[C@H]1O2. The molecule has 0 radical (unpaired) electrons. The van der Waals surface area contributed by atoms with E-state index in [4.69, 9.17) is 9.84 Å². The van der Waals surface area contributed by atoms with Gasteiger partial charge in [0.2, 0.25) is 0 Å². The molecule has 3 fully saturated rings. The van der Waals surface area contributed by atoms with Crippen molar-refractivity contribution in [3.8, 4) is 0 Å². The number of hydrogen-bond donors (Lipinski definition) is 1. The number of carboxylic acid groups (broad SMARTS) is 1. The van der Waals surface area contributed by atoms with E-state index in [1.807, 2.05) is 0 Å². The summed E-state index contributed by atoms with van der Waals surface area (Å²) >= 11 is 0. The Bertz CT molecular complexity index is 362. The van der Waals surface area contributed by atoms with Crippen LogP contribution in [0.2, 0.25) is 0 Å². The third-order valence-corrected chi connectivity index (χ3v) is 5.01. The summed E-state index contributed by atoms with van der Waals surface area (Å²) in [5.41, 5.74) is 0. The molecule has 0 aromatic rings. The van der Waals surface area contributed by atoms with Gasteiger partial charge in [0.1, 0.15) is 0 Å². The van der Waals surface area contributed by atoms with E-state index in [9.17, 15) is 4.79 Å². The van der Waals surface area contributed by atoms with Gasteiger partial charge in [0.05, 0.1) is 18.1 Å². The van der Waals surface area contributed by atoms with Crippen molar-refractivity contribution >= 4 is 5.97 Å². The van der Waals surface area contributed by atoms with Crippen molar-refractivity contribution in [2.75, 3.05) is 0 Å². The molecule has 80 valence electrons. The van der Waals surface area contributed by atoms with Crippen molar-refractivity contribution in [3.05, 3.63) is 12.2 Å². The van der Waals surface area contributed by atoms with Crippen molar-refractivity contribution in [2.45, 2.75) is 25.0 Å². The van der Waals surface area contributed by atoms with E-state index in [2.05, 4.69) is 12.2 Å². The molecule has 0 aromatic heterocycles. The Kier molecular flexibility index (Phi) is 1.37. The van der Waals surface area contributed by atoms with Gasteiger partial charge < -0.3 is 9.84 Å². The Morgan fingerprint density at radius 1 is 1.20 bits per heavy atom. The lowest BCUT2D eigenvalue weighted by Crippen LogP contribution is -2.36. The number of ether oxygens (including phenoxy) is 1. The molecule has 0 spiro atoms. The fourth-order valence-corrected chi connectivity index (χ4v) is 4.61. The van der Waals surface area contributed by atoms with Gasteiger partial charge in [-0.05, 0) is 36.5 Å². The summed E-state index contributed by atoms with van der Waals surface area (Å²) in [7, 11) is 0. The van der Waals surface area contributed by atoms with Crippen molar-refractivity contribution in [2.24, 2.45) is 29.6 Å². The van der Waals surface area contributed by atoms with Crippen LogP contribution in [0.25, 0.3) is 0 Å². The summed E-state index contributed by atoms with van der Waals surface area (Å²) in [5, 5.41) is 9.17. The van der Waals surface area contributed by atoms with Gasteiger partial charge in [0, 0.05) is 0 Å². The van der Waals surface area contributed by atoms with E-state index in [0.717, 1.165) is 12.8 Å². The minimum atomic E-state index is -0.590. The quantitative estimate of drug-likeness (QED) is 0.658. The Balaban J connectivity index is 1.71. The fraction of sp³-hybridized carbons (Fsp3) is 0.750. The van der Waals surface area contributed by atoms with Gasteiger partial charge in [-0.3, -0.25) is 4.79 Å². The van der Waals surface area contributed by atoms with Crippen LogP contribution >= 0.6 is 0 Å². The van der Waals surface area contributed by atoms with Gasteiger partial charge in [0.15, 0.2) is 0 Å². The van der Waals surface area contributed by atoms with Crippen LogP contribution in [0, 0.1) is 29.6 Å². The first-order chi connectivity index (χ1) is 7.25. The van der Waals surface area contributed by atoms with Gasteiger partial charge in [-0.2, -0.15) is 0 Å². The largest absolute Gasteiger partial charge is 0.481 e. The van der Waals surface area contributed by atoms with Crippen LogP contribution < -0.4 is 0 Å². The summed E-state index contributed by atoms with van der Waals surface area (Å²) in [6.45, 7) is 0. The highest BCUT2D eigenvalue weighted by Gasteiger charge is 2.63. The molecular weight excluding hydrogens is 192 g/mol. The number of fused-ring (bicyclic) bond motifs is 9. The molecule has 7 atom stereocenters. The van der Waals surface area contributed by atoms with Crippen LogP contribution in [-0.4, -0.2) is 23.3 Å². The number of rotatable bonds is 1. The number of aliphatic carboxylic acids is 1. The molecule has 0 aromatic carbocycles. The van der Waals surface area contributed by atoms with Crippen LogP contribution in [0.15, 0.2) is 12.2 Å². The normalized spacial score (nSPS) is 58.8. The Hall–Kier alpha value is -0.830. The Morgan fingerprint density at radius 3 is 2.67 bits per heavy atom. The second kappa shape index (κ2) is 2.46. The lowest BCUT2D eigenvalue weighted by molar-refractivity contribution is -0.144. The van der Waals surface area contributed by atoms with Gasteiger partial charge in [-0.15, -0.1) is 0 Å². The highest BCUT2D eigenvalue weighted by atomic mass is 16.5. The number of carbonyl (C=O) groups is 1. The topological polar surface area (TPSA) is 46.5 Å². The number of carboxylic acids is 1. The molecule has 1 saturated heterocycles. The lowest BCUT2D eigenvalue weighted by Gasteiger charge is -2.32. The van der Waals surface area contributed by atoms with E-state index in [1.165, 1.54) is 0 Å². The van der Waals surface area contributed by atoms with Gasteiger partial charge in [-0.25, -0.2) is 0 Å². The molecule has 15 heavy (non-hydrogen) atoms. The molecule has 3 heteroatoms. The lowest BCUT2D eigenvalue weighted by atomic mass is 9.69. The minimum Gasteiger partial charge on any atom is -0.481 e. The van der Waals surface area contributed by atoms with Crippen LogP contribution in [0.1, 0.15) is 12.8 Å². The molecule has 2 aliphatic heterocycles. The standard InChI is InChI=1S/C12H14O3/c13-12(14)7-4-5-3-6(7)11-9-2-1-8(15-9)10(5)11/h1-2,5-11H,3-4H2,(H,13,14)/t5-,6+,7?,8+,9-,10?,11?/m1/s1. The predicted octanol–water partition coefficient (Wildman–Crippen LogP) is 1.30. The monoisotopic (exact) mass is 206 g/mol. The van der Waals surface area contributed by atoms with Crippen LogP contribution in [0.4, 0.5) is 0 Å². The van der Waals surface area contributed by atoms with Gasteiger partial charge in [0.25, 0.3) is 0 Å². The van der Waals surface area contributed by atoms with Gasteiger partial charge >= 0.3 is 5.97 Å². The summed E-state index contributed by atoms with van der Waals surface area (Å²) in [4.78, 5) is 11.1. The molecule has 4 rings (SSSR count). The highest BCUT2D eigenvalue weighted by molar-refractivity contribution is 5.71. The highest BCUT2D eigenvalue weighted by Crippen LogP contribution is 2.62. The summed E-state index contributed by atoms with van der Waals surface area (Å²) in [5.74, 6) is 1.47. The second-order valence-corrected chi connectivity index (χ2v) is 5.44. The molecule has 2 aliphatic carbocycles. The predicted molar refractivity (Wildman–Crippen MR) is 52.1 cm³/mol. The maximum absolute atomic E-state index is 11.1. The molecule has 2 heterocycles.